The lowest BCUT2D eigenvalue weighted by Crippen LogP contribution is -2.37. The Labute approximate surface area is 288 Å². The largest absolute Gasteiger partial charge is 0.472 e. The van der Waals surface area contributed by atoms with Crippen LogP contribution in [-0.2, 0) is 27.9 Å². The number of nitrogens with zero attached hydrogens (tertiary/aromatic N) is 1. The van der Waals surface area contributed by atoms with Crippen molar-refractivity contribution in [2.24, 2.45) is 0 Å². The minimum absolute atomic E-state index is 0.0805. The Balaban J connectivity index is 4.38. The summed E-state index contributed by atoms with van der Waals surface area (Å²) < 4.78 is 34.7. The van der Waals surface area contributed by atoms with Gasteiger partial charge in [-0.25, -0.2) is 4.57 Å². The highest BCUT2D eigenvalue weighted by atomic mass is 31.2. The van der Waals surface area contributed by atoms with Crippen LogP contribution in [0.3, 0.4) is 0 Å². The maximum absolute atomic E-state index is 12.6. The van der Waals surface area contributed by atoms with Crippen molar-refractivity contribution in [2.45, 2.75) is 136 Å². The van der Waals surface area contributed by atoms with E-state index in [1.807, 2.05) is 21.1 Å². The van der Waals surface area contributed by atoms with E-state index in [4.69, 9.17) is 18.5 Å². The molecule has 0 rings (SSSR count). The molecule has 2 unspecified atom stereocenters. The number of phosphoric acid groups is 1. The summed E-state index contributed by atoms with van der Waals surface area (Å²) in [4.78, 5) is 22.7. The molecule has 0 aliphatic rings. The molecule has 2 atom stereocenters. The van der Waals surface area contributed by atoms with Crippen LogP contribution >= 0.6 is 7.82 Å². The summed E-state index contributed by atoms with van der Waals surface area (Å²) in [6.45, 7) is 5.37. The van der Waals surface area contributed by atoms with Gasteiger partial charge in [0.1, 0.15) is 19.3 Å². The highest BCUT2D eigenvalue weighted by Crippen LogP contribution is 2.43. The number of rotatable bonds is 33. The first-order chi connectivity index (χ1) is 22.6. The first-order valence-corrected chi connectivity index (χ1v) is 19.9. The van der Waals surface area contributed by atoms with Gasteiger partial charge in [0, 0.05) is 13.0 Å². The molecule has 0 aromatic heterocycles. The van der Waals surface area contributed by atoms with Crippen LogP contribution in [0, 0.1) is 0 Å². The SMILES string of the molecule is CC/C=C\C/C=C\C/C=C\CCCCCCOCC(COP(=O)(O)OCC[N+](C)(C)C)OC(=O)CCCCCCC/C=C\CCCC. The fourth-order valence-corrected chi connectivity index (χ4v) is 5.23. The summed E-state index contributed by atoms with van der Waals surface area (Å²) >= 11 is 0. The van der Waals surface area contributed by atoms with E-state index in [-0.39, 0.29) is 25.8 Å². The van der Waals surface area contributed by atoms with Gasteiger partial charge in [0.2, 0.25) is 0 Å². The van der Waals surface area contributed by atoms with E-state index in [1.54, 1.807) is 0 Å². The van der Waals surface area contributed by atoms with E-state index < -0.39 is 13.9 Å². The molecule has 0 aromatic rings. The lowest BCUT2D eigenvalue weighted by atomic mass is 10.1. The van der Waals surface area contributed by atoms with Crippen LogP contribution in [0.5, 0.6) is 0 Å². The van der Waals surface area contributed by atoms with Gasteiger partial charge in [-0.2, -0.15) is 0 Å². The number of allylic oxidation sites excluding steroid dienone is 8. The molecule has 0 aliphatic carbocycles. The van der Waals surface area contributed by atoms with E-state index in [2.05, 4.69) is 62.5 Å². The van der Waals surface area contributed by atoms with Gasteiger partial charge in [-0.15, -0.1) is 0 Å². The van der Waals surface area contributed by atoms with E-state index in [0.29, 0.717) is 24.1 Å². The number of hydrogen-bond donors (Lipinski definition) is 1. The van der Waals surface area contributed by atoms with Gasteiger partial charge in [0.15, 0.2) is 0 Å². The maximum atomic E-state index is 12.6. The first kappa shape index (κ1) is 45.5. The molecule has 1 N–H and O–H groups in total. The number of ether oxygens (including phenoxy) is 2. The normalized spacial score (nSPS) is 14.6. The van der Waals surface area contributed by atoms with Crippen LogP contribution in [0.1, 0.15) is 129 Å². The molecule has 9 heteroatoms. The Morgan fingerprint density at radius 2 is 1.23 bits per heavy atom. The highest BCUT2D eigenvalue weighted by Gasteiger charge is 2.26. The van der Waals surface area contributed by atoms with Crippen molar-refractivity contribution in [3.8, 4) is 0 Å². The van der Waals surface area contributed by atoms with Crippen LogP contribution in [0.2, 0.25) is 0 Å². The van der Waals surface area contributed by atoms with Crippen molar-refractivity contribution < 1.29 is 37.3 Å². The van der Waals surface area contributed by atoms with Gasteiger partial charge in [0.25, 0.3) is 0 Å². The summed E-state index contributed by atoms with van der Waals surface area (Å²) in [5, 5.41) is 0. The van der Waals surface area contributed by atoms with Gasteiger partial charge in [0.05, 0.1) is 34.4 Å². The predicted octanol–water partition coefficient (Wildman–Crippen LogP) is 10.0. The van der Waals surface area contributed by atoms with Crippen molar-refractivity contribution in [2.75, 3.05) is 54.1 Å². The topological polar surface area (TPSA) is 91.3 Å². The zero-order chi connectivity index (χ0) is 34.9. The number of carbonyl (C=O) groups excluding carboxylic acids is 1. The Hall–Kier alpha value is -1.54. The third kappa shape index (κ3) is 35.6. The molecule has 0 aliphatic heterocycles. The second-order valence-electron chi connectivity index (χ2n) is 13.2. The molecule has 0 bridgehead atoms. The number of unbranched alkanes of at least 4 members (excludes halogenated alkanes) is 11. The average Bonchev–Trinajstić information content (AvgIpc) is 3.01. The molecule has 8 nitrogen and oxygen atoms in total. The van der Waals surface area contributed by atoms with E-state index in [9.17, 15) is 14.3 Å². The lowest BCUT2D eigenvalue weighted by Gasteiger charge is -2.24. The highest BCUT2D eigenvalue weighted by molar-refractivity contribution is 7.47. The fraction of sp³-hybridized carbons (Fsp3) is 0.763. The monoisotopic (exact) mass is 684 g/mol. The summed E-state index contributed by atoms with van der Waals surface area (Å²) in [5.41, 5.74) is 0. The molecule has 0 radical (unpaired) electrons. The Kier molecular flexibility index (Phi) is 30.7. The zero-order valence-corrected chi connectivity index (χ0v) is 31.6. The van der Waals surface area contributed by atoms with Gasteiger partial charge in [-0.3, -0.25) is 13.8 Å². The van der Waals surface area contributed by atoms with Crippen LogP contribution in [0.15, 0.2) is 48.6 Å². The average molecular weight is 685 g/mol. The second-order valence-corrected chi connectivity index (χ2v) is 14.7. The third-order valence-corrected chi connectivity index (χ3v) is 8.36. The van der Waals surface area contributed by atoms with Gasteiger partial charge < -0.3 is 18.9 Å². The number of phosphoric ester groups is 1. The summed E-state index contributed by atoms with van der Waals surface area (Å²) in [7, 11) is 1.64. The minimum atomic E-state index is -4.27. The standard InChI is InChI=1S/C38H70NO7P/c1-6-8-10-12-14-16-18-19-20-22-24-26-28-30-33-43-35-37(36-45-47(41,42)44-34-32-39(3,4)5)46-38(40)31-29-27-25-23-21-17-15-13-11-9-7-2/h8,10,13-16,19-20,37H,6-7,9,11-12,17-18,21-36H2,1-5H3/p+1/b10-8-,15-13-,16-14-,20-19-. The van der Waals surface area contributed by atoms with Crippen LogP contribution in [0.25, 0.3) is 0 Å². The summed E-state index contributed by atoms with van der Waals surface area (Å²) in [5.74, 6) is -0.336. The van der Waals surface area contributed by atoms with Crippen LogP contribution in [-0.4, -0.2) is 75.6 Å². The molecule has 274 valence electrons. The van der Waals surface area contributed by atoms with E-state index in [0.717, 1.165) is 83.5 Å². The predicted molar refractivity (Wildman–Crippen MR) is 196 cm³/mol. The Bertz CT molecular complexity index is 895. The lowest BCUT2D eigenvalue weighted by molar-refractivity contribution is -0.870. The molecule has 0 fully saturated rings. The minimum Gasteiger partial charge on any atom is -0.457 e. The molecule has 0 saturated carbocycles. The van der Waals surface area contributed by atoms with E-state index >= 15 is 0 Å². The van der Waals surface area contributed by atoms with Crippen LogP contribution < -0.4 is 0 Å². The Morgan fingerprint density at radius 3 is 1.87 bits per heavy atom. The zero-order valence-electron chi connectivity index (χ0n) is 30.8. The summed E-state index contributed by atoms with van der Waals surface area (Å²) in [6.07, 6.45) is 35.7. The van der Waals surface area contributed by atoms with E-state index in [1.165, 1.54) is 25.7 Å². The van der Waals surface area contributed by atoms with Crippen molar-refractivity contribution >= 4 is 13.8 Å². The van der Waals surface area contributed by atoms with Crippen molar-refractivity contribution in [1.82, 2.24) is 0 Å². The number of likely N-dealkylation sites (N-methyl/N-ethyl adjacent to an activating group) is 1. The Morgan fingerprint density at radius 1 is 0.681 bits per heavy atom. The first-order valence-electron chi connectivity index (χ1n) is 18.4. The van der Waals surface area contributed by atoms with Crippen molar-refractivity contribution in [3.05, 3.63) is 48.6 Å². The molecular formula is C38H71NO7P+. The fourth-order valence-electron chi connectivity index (χ4n) is 4.49. The molecule has 0 aromatic carbocycles. The maximum Gasteiger partial charge on any atom is 0.472 e. The molecule has 0 saturated heterocycles. The van der Waals surface area contributed by atoms with Crippen LogP contribution in [0.4, 0.5) is 0 Å². The smallest absolute Gasteiger partial charge is 0.457 e. The number of carbonyl (C=O) groups is 1. The number of esters is 1. The van der Waals surface area contributed by atoms with Gasteiger partial charge in [-0.1, -0.05) is 107 Å². The third-order valence-electron chi connectivity index (χ3n) is 7.37. The molecule has 0 amide bonds. The molecule has 0 spiro atoms. The van der Waals surface area contributed by atoms with Gasteiger partial charge in [-0.05, 0) is 64.2 Å². The molecular weight excluding hydrogens is 613 g/mol. The van der Waals surface area contributed by atoms with Crippen molar-refractivity contribution in [1.29, 1.82) is 0 Å². The van der Waals surface area contributed by atoms with Gasteiger partial charge >= 0.3 is 13.8 Å². The quantitative estimate of drug-likeness (QED) is 0.0242. The molecule has 0 heterocycles. The second kappa shape index (κ2) is 31.7. The molecule has 47 heavy (non-hydrogen) atoms. The summed E-state index contributed by atoms with van der Waals surface area (Å²) in [6, 6.07) is 0. The van der Waals surface area contributed by atoms with Crippen molar-refractivity contribution in [3.63, 3.8) is 0 Å². The number of hydrogen-bond acceptors (Lipinski definition) is 6. The number of quaternary nitrogens is 1.